The Morgan fingerprint density at radius 1 is 1.26 bits per heavy atom. The molecule has 1 aliphatic heterocycles. The van der Waals surface area contributed by atoms with E-state index < -0.39 is 0 Å². The molecule has 0 saturated carbocycles. The number of carbonyl (C=O) groups excluding carboxylic acids is 1. The number of hydrogen-bond donors (Lipinski definition) is 2. The molecule has 0 radical (unpaired) electrons. The fraction of sp³-hybridized carbons (Fsp3) is 0.462. The van der Waals surface area contributed by atoms with Crippen molar-refractivity contribution in [2.75, 3.05) is 26.2 Å². The predicted molar refractivity (Wildman–Crippen MR) is 82.8 cm³/mol. The third-order valence-corrected chi connectivity index (χ3v) is 5.15. The Hall–Kier alpha value is -0.430. The Kier molecular flexibility index (Phi) is 5.38. The normalized spacial score (nSPS) is 18.8. The van der Waals surface area contributed by atoms with E-state index in [-0.39, 0.29) is 11.9 Å². The van der Waals surface area contributed by atoms with Crippen LogP contribution in [0.25, 0.3) is 0 Å². The van der Waals surface area contributed by atoms with Crippen molar-refractivity contribution in [2.24, 2.45) is 5.73 Å². The van der Waals surface area contributed by atoms with Gasteiger partial charge in [-0.15, -0.1) is 0 Å². The van der Waals surface area contributed by atoms with Crippen molar-refractivity contribution >= 4 is 37.8 Å². The van der Waals surface area contributed by atoms with Gasteiger partial charge in [-0.2, -0.15) is 0 Å². The van der Waals surface area contributed by atoms with Gasteiger partial charge in [-0.05, 0) is 62.5 Å². The minimum Gasteiger partial charge on any atom is -0.368 e. The van der Waals surface area contributed by atoms with Gasteiger partial charge < -0.3 is 11.1 Å². The molecule has 2 rings (SSSR count). The van der Waals surface area contributed by atoms with Crippen LogP contribution in [0.2, 0.25) is 0 Å². The van der Waals surface area contributed by atoms with Crippen LogP contribution in [0.3, 0.4) is 0 Å². The molecule has 1 heterocycles. The first-order chi connectivity index (χ1) is 9.09. The Morgan fingerprint density at radius 2 is 2.05 bits per heavy atom. The van der Waals surface area contributed by atoms with Crippen molar-refractivity contribution in [1.82, 2.24) is 10.2 Å². The zero-order valence-corrected chi connectivity index (χ0v) is 13.7. The van der Waals surface area contributed by atoms with Crippen molar-refractivity contribution in [3.63, 3.8) is 0 Å². The van der Waals surface area contributed by atoms with E-state index in [1.807, 2.05) is 18.2 Å². The van der Waals surface area contributed by atoms with Gasteiger partial charge in [-0.1, -0.05) is 6.07 Å². The molecule has 104 valence electrons. The molecule has 6 heteroatoms. The lowest BCUT2D eigenvalue weighted by molar-refractivity contribution is -0.123. The van der Waals surface area contributed by atoms with Crippen LogP contribution >= 0.6 is 31.9 Å². The molecule has 0 spiro atoms. The lowest BCUT2D eigenvalue weighted by Crippen LogP contribution is -2.39. The maximum Gasteiger partial charge on any atom is 0.239 e. The summed E-state index contributed by atoms with van der Waals surface area (Å²) in [5, 5.41) is 3.33. The molecule has 19 heavy (non-hydrogen) atoms. The first-order valence-corrected chi connectivity index (χ1v) is 7.87. The molecule has 3 N–H and O–H groups in total. The van der Waals surface area contributed by atoms with Crippen LogP contribution in [-0.4, -0.2) is 37.0 Å². The van der Waals surface area contributed by atoms with Crippen molar-refractivity contribution in [2.45, 2.75) is 12.5 Å². The van der Waals surface area contributed by atoms with Crippen LogP contribution in [0, 0.1) is 0 Å². The minimum atomic E-state index is -0.357. The molecule has 1 atom stereocenters. The highest BCUT2D eigenvalue weighted by Gasteiger charge is 2.26. The van der Waals surface area contributed by atoms with Crippen molar-refractivity contribution in [3.8, 4) is 0 Å². The van der Waals surface area contributed by atoms with Gasteiger partial charge in [0.2, 0.25) is 5.91 Å². The maximum absolute atomic E-state index is 11.8. The van der Waals surface area contributed by atoms with Gasteiger partial charge in [-0.25, -0.2) is 0 Å². The van der Waals surface area contributed by atoms with E-state index in [4.69, 9.17) is 5.73 Å². The molecule has 0 aromatic heterocycles. The van der Waals surface area contributed by atoms with Crippen molar-refractivity contribution < 1.29 is 4.79 Å². The van der Waals surface area contributed by atoms with Crippen LogP contribution in [0.1, 0.15) is 18.0 Å². The molecular formula is C13H17Br2N3O. The summed E-state index contributed by atoms with van der Waals surface area (Å²) < 4.78 is 1.90. The highest BCUT2D eigenvalue weighted by atomic mass is 79.9. The van der Waals surface area contributed by atoms with E-state index in [0.717, 1.165) is 47.1 Å². The monoisotopic (exact) mass is 389 g/mol. The quantitative estimate of drug-likeness (QED) is 0.830. The first-order valence-electron chi connectivity index (χ1n) is 6.28. The SMILES string of the molecule is NC(=O)C(c1ccc(Br)c(Br)c1)N1CCCNCC1. The summed E-state index contributed by atoms with van der Waals surface area (Å²) in [6, 6.07) is 5.48. The van der Waals surface area contributed by atoms with Crippen molar-refractivity contribution in [1.29, 1.82) is 0 Å². The second-order valence-electron chi connectivity index (χ2n) is 4.62. The summed E-state index contributed by atoms with van der Waals surface area (Å²) in [6.45, 7) is 3.60. The van der Waals surface area contributed by atoms with Crippen LogP contribution in [0.15, 0.2) is 27.1 Å². The number of amides is 1. The standard InChI is InChI=1S/C13H17Br2N3O/c14-10-3-2-9(8-11(10)15)12(13(16)19)18-6-1-4-17-5-7-18/h2-3,8,12,17H,1,4-7H2,(H2,16,19). The number of primary amides is 1. The summed E-state index contributed by atoms with van der Waals surface area (Å²) in [6.07, 6.45) is 1.03. The highest BCUT2D eigenvalue weighted by Crippen LogP contribution is 2.29. The van der Waals surface area contributed by atoms with Crippen LogP contribution < -0.4 is 11.1 Å². The Morgan fingerprint density at radius 3 is 2.74 bits per heavy atom. The Bertz CT molecular complexity index is 459. The molecule has 0 bridgehead atoms. The second-order valence-corrected chi connectivity index (χ2v) is 6.33. The molecule has 0 aliphatic carbocycles. The molecular weight excluding hydrogens is 374 g/mol. The average Bonchev–Trinajstić information content (AvgIpc) is 2.62. The summed E-state index contributed by atoms with van der Waals surface area (Å²) in [4.78, 5) is 14.0. The summed E-state index contributed by atoms with van der Waals surface area (Å²) in [5.74, 6) is -0.295. The lowest BCUT2D eigenvalue weighted by Gasteiger charge is -2.28. The molecule has 1 saturated heterocycles. The number of rotatable bonds is 3. The molecule has 1 unspecified atom stereocenters. The molecule has 1 aromatic rings. The Balaban J connectivity index is 2.27. The number of hydrogen-bond acceptors (Lipinski definition) is 3. The summed E-state index contributed by atoms with van der Waals surface area (Å²) >= 11 is 6.91. The third-order valence-electron chi connectivity index (χ3n) is 3.27. The van der Waals surface area contributed by atoms with E-state index in [9.17, 15) is 4.79 Å². The predicted octanol–water partition coefficient (Wildman–Crippen LogP) is 2.03. The number of nitrogens with zero attached hydrogens (tertiary/aromatic N) is 1. The van der Waals surface area contributed by atoms with Gasteiger partial charge in [0.25, 0.3) is 0 Å². The number of carbonyl (C=O) groups is 1. The van der Waals surface area contributed by atoms with Crippen molar-refractivity contribution in [3.05, 3.63) is 32.7 Å². The largest absolute Gasteiger partial charge is 0.368 e. The van der Waals surface area contributed by atoms with E-state index in [1.165, 1.54) is 0 Å². The van der Waals surface area contributed by atoms with E-state index in [2.05, 4.69) is 42.1 Å². The van der Waals surface area contributed by atoms with Gasteiger partial charge in [0.1, 0.15) is 6.04 Å². The third kappa shape index (κ3) is 3.78. The van der Waals surface area contributed by atoms with Gasteiger partial charge in [0, 0.05) is 28.6 Å². The van der Waals surface area contributed by atoms with Gasteiger partial charge in [0.15, 0.2) is 0 Å². The number of benzene rings is 1. The fourth-order valence-electron chi connectivity index (χ4n) is 2.36. The van der Waals surface area contributed by atoms with Crippen LogP contribution in [-0.2, 0) is 4.79 Å². The molecule has 1 fully saturated rings. The average molecular weight is 391 g/mol. The smallest absolute Gasteiger partial charge is 0.239 e. The zero-order valence-electron chi connectivity index (χ0n) is 10.5. The van der Waals surface area contributed by atoms with Crippen LogP contribution in [0.4, 0.5) is 0 Å². The zero-order chi connectivity index (χ0) is 13.8. The minimum absolute atomic E-state index is 0.295. The topological polar surface area (TPSA) is 58.4 Å². The van der Waals surface area contributed by atoms with Crippen LogP contribution in [0.5, 0.6) is 0 Å². The molecule has 1 aliphatic rings. The summed E-state index contributed by atoms with van der Waals surface area (Å²) in [7, 11) is 0. The second kappa shape index (κ2) is 6.83. The molecule has 4 nitrogen and oxygen atoms in total. The Labute approximate surface area is 130 Å². The molecule has 1 amide bonds. The van der Waals surface area contributed by atoms with E-state index in [0.29, 0.717) is 0 Å². The fourth-order valence-corrected chi connectivity index (χ4v) is 3.01. The molecule has 1 aromatic carbocycles. The first kappa shape index (κ1) is 15.0. The van der Waals surface area contributed by atoms with Gasteiger partial charge in [0.05, 0.1) is 0 Å². The van der Waals surface area contributed by atoms with E-state index in [1.54, 1.807) is 0 Å². The summed E-state index contributed by atoms with van der Waals surface area (Å²) in [5.41, 5.74) is 6.55. The highest BCUT2D eigenvalue weighted by molar-refractivity contribution is 9.13. The van der Waals surface area contributed by atoms with Gasteiger partial charge in [-0.3, -0.25) is 9.69 Å². The van der Waals surface area contributed by atoms with E-state index >= 15 is 0 Å². The van der Waals surface area contributed by atoms with Gasteiger partial charge >= 0.3 is 0 Å². The number of nitrogens with one attached hydrogen (secondary N) is 1. The number of halogens is 2. The maximum atomic E-state index is 11.8. The number of nitrogens with two attached hydrogens (primary N) is 1. The lowest BCUT2D eigenvalue weighted by atomic mass is 10.0.